The molecule has 1 aromatic rings. The average molecular weight is 245 g/mol. The normalized spacial score (nSPS) is 11.7. The highest BCUT2D eigenvalue weighted by molar-refractivity contribution is 9.10. The van der Waals surface area contributed by atoms with E-state index < -0.39 is 0 Å². The molecule has 0 saturated carbocycles. The molecule has 0 unspecified atom stereocenters. The molecule has 1 aromatic heterocycles. The number of rotatable bonds is 2. The van der Waals surface area contributed by atoms with Gasteiger partial charge in [-0.15, -0.1) is 0 Å². The number of ketones is 1. The van der Waals surface area contributed by atoms with Crippen molar-refractivity contribution < 1.29 is 9.21 Å². The summed E-state index contributed by atoms with van der Waals surface area (Å²) in [7, 11) is 0. The zero-order valence-electron chi connectivity index (χ0n) is 8.06. The van der Waals surface area contributed by atoms with Gasteiger partial charge in [0.1, 0.15) is 0 Å². The van der Waals surface area contributed by atoms with E-state index in [-0.39, 0.29) is 11.2 Å². The Kier molecular flexibility index (Phi) is 2.96. The Morgan fingerprint density at radius 2 is 2.15 bits per heavy atom. The molecule has 72 valence electrons. The van der Waals surface area contributed by atoms with Gasteiger partial charge in [0.15, 0.2) is 11.5 Å². The molecular weight excluding hydrogens is 232 g/mol. The summed E-state index contributed by atoms with van der Waals surface area (Å²) >= 11 is 3.26. The van der Waals surface area contributed by atoms with Gasteiger partial charge in [-0.3, -0.25) is 4.79 Å². The average Bonchev–Trinajstić information content (AvgIpc) is 2.30. The van der Waals surface area contributed by atoms with Crippen LogP contribution in [0.3, 0.4) is 0 Å². The molecule has 0 fully saturated rings. The Morgan fingerprint density at radius 1 is 1.54 bits per heavy atom. The van der Waals surface area contributed by atoms with Gasteiger partial charge < -0.3 is 4.42 Å². The van der Waals surface area contributed by atoms with Crippen LogP contribution in [0.5, 0.6) is 0 Å². The number of carbonyl (C=O) groups excluding carboxylic acids is 1. The third-order valence-electron chi connectivity index (χ3n) is 1.56. The summed E-state index contributed by atoms with van der Waals surface area (Å²) < 4.78 is 5.81. The van der Waals surface area contributed by atoms with Gasteiger partial charge >= 0.3 is 0 Å². The molecule has 0 aromatic carbocycles. The Bertz CT molecular complexity index is 307. The third kappa shape index (κ3) is 2.99. The first-order valence-corrected chi connectivity index (χ1v) is 4.96. The van der Waals surface area contributed by atoms with Crippen LogP contribution >= 0.6 is 15.9 Å². The molecule has 0 spiro atoms. The van der Waals surface area contributed by atoms with Crippen molar-refractivity contribution in [2.45, 2.75) is 27.2 Å². The highest BCUT2D eigenvalue weighted by Crippen LogP contribution is 2.25. The van der Waals surface area contributed by atoms with E-state index >= 15 is 0 Å². The molecule has 0 aliphatic heterocycles. The van der Waals surface area contributed by atoms with E-state index in [0.717, 1.165) is 4.47 Å². The lowest BCUT2D eigenvalue weighted by Crippen LogP contribution is -2.12. The zero-order valence-corrected chi connectivity index (χ0v) is 9.64. The van der Waals surface area contributed by atoms with Crippen LogP contribution in [0, 0.1) is 5.41 Å². The summed E-state index contributed by atoms with van der Waals surface area (Å²) in [5.41, 5.74) is 0.00329. The number of Topliss-reactive ketones (excluding diaryl/α,β-unsaturated/α-hetero) is 1. The van der Waals surface area contributed by atoms with Crippen LogP contribution in [0.2, 0.25) is 0 Å². The van der Waals surface area contributed by atoms with Gasteiger partial charge in [0.25, 0.3) is 0 Å². The SMILES string of the molecule is CC(C)(C)CC(=O)c1occc1Br. The monoisotopic (exact) mass is 244 g/mol. The lowest BCUT2D eigenvalue weighted by molar-refractivity contribution is 0.0911. The van der Waals surface area contributed by atoms with E-state index in [0.29, 0.717) is 12.2 Å². The lowest BCUT2D eigenvalue weighted by Gasteiger charge is -2.15. The number of furan rings is 1. The van der Waals surface area contributed by atoms with Crippen LogP contribution in [-0.4, -0.2) is 5.78 Å². The number of carbonyl (C=O) groups is 1. The van der Waals surface area contributed by atoms with E-state index in [9.17, 15) is 4.79 Å². The van der Waals surface area contributed by atoms with E-state index in [1.54, 1.807) is 6.07 Å². The van der Waals surface area contributed by atoms with Crippen LogP contribution in [-0.2, 0) is 0 Å². The predicted octanol–water partition coefficient (Wildman–Crippen LogP) is 3.66. The van der Waals surface area contributed by atoms with E-state index in [4.69, 9.17) is 4.42 Å². The second-order valence-electron chi connectivity index (χ2n) is 4.26. The second kappa shape index (κ2) is 3.66. The fraction of sp³-hybridized carbons (Fsp3) is 0.500. The van der Waals surface area contributed by atoms with Crippen molar-refractivity contribution in [3.63, 3.8) is 0 Å². The Hall–Kier alpha value is -0.570. The molecule has 0 N–H and O–H groups in total. The molecule has 0 aliphatic carbocycles. The lowest BCUT2D eigenvalue weighted by atomic mass is 9.89. The van der Waals surface area contributed by atoms with Crippen LogP contribution in [0.4, 0.5) is 0 Å². The molecular formula is C10H13BrO2. The fourth-order valence-corrected chi connectivity index (χ4v) is 1.48. The Balaban J connectivity index is 2.76. The molecule has 0 bridgehead atoms. The molecule has 3 heteroatoms. The zero-order chi connectivity index (χ0) is 10.1. The molecule has 2 nitrogen and oxygen atoms in total. The first kappa shape index (κ1) is 10.5. The molecule has 0 aliphatic rings. The van der Waals surface area contributed by atoms with Gasteiger partial charge in [-0.05, 0) is 27.4 Å². The summed E-state index contributed by atoms with van der Waals surface area (Å²) in [6.07, 6.45) is 2.01. The van der Waals surface area contributed by atoms with Gasteiger partial charge in [0.2, 0.25) is 0 Å². The third-order valence-corrected chi connectivity index (χ3v) is 2.19. The van der Waals surface area contributed by atoms with Crippen molar-refractivity contribution in [2.75, 3.05) is 0 Å². The Labute approximate surface area is 86.4 Å². The van der Waals surface area contributed by atoms with E-state index in [1.165, 1.54) is 6.26 Å². The number of hydrogen-bond donors (Lipinski definition) is 0. The summed E-state index contributed by atoms with van der Waals surface area (Å²) in [4.78, 5) is 11.6. The van der Waals surface area contributed by atoms with Crippen molar-refractivity contribution in [1.82, 2.24) is 0 Å². The van der Waals surface area contributed by atoms with Crippen LogP contribution in [0.1, 0.15) is 37.7 Å². The van der Waals surface area contributed by atoms with E-state index in [2.05, 4.69) is 15.9 Å². The second-order valence-corrected chi connectivity index (χ2v) is 5.11. The minimum Gasteiger partial charge on any atom is -0.460 e. The quantitative estimate of drug-likeness (QED) is 0.744. The molecule has 0 atom stereocenters. The number of hydrogen-bond acceptors (Lipinski definition) is 2. The minimum absolute atomic E-state index is 0.00329. The maximum Gasteiger partial charge on any atom is 0.199 e. The van der Waals surface area contributed by atoms with Gasteiger partial charge in [-0.2, -0.15) is 0 Å². The smallest absolute Gasteiger partial charge is 0.199 e. The maximum atomic E-state index is 11.6. The van der Waals surface area contributed by atoms with Crippen LogP contribution in [0.25, 0.3) is 0 Å². The van der Waals surface area contributed by atoms with Crippen molar-refractivity contribution in [2.24, 2.45) is 5.41 Å². The van der Waals surface area contributed by atoms with Crippen molar-refractivity contribution in [1.29, 1.82) is 0 Å². The van der Waals surface area contributed by atoms with Crippen LogP contribution < -0.4 is 0 Å². The van der Waals surface area contributed by atoms with Crippen molar-refractivity contribution >= 4 is 21.7 Å². The number of halogens is 1. The predicted molar refractivity (Wildman–Crippen MR) is 54.8 cm³/mol. The van der Waals surface area contributed by atoms with E-state index in [1.807, 2.05) is 20.8 Å². The summed E-state index contributed by atoms with van der Waals surface area (Å²) in [5.74, 6) is 0.472. The molecule has 13 heavy (non-hydrogen) atoms. The summed E-state index contributed by atoms with van der Waals surface area (Å²) in [6.45, 7) is 6.09. The first-order chi connectivity index (χ1) is 5.90. The summed E-state index contributed by atoms with van der Waals surface area (Å²) in [6, 6.07) is 1.73. The molecule has 0 radical (unpaired) electrons. The van der Waals surface area contributed by atoms with Crippen molar-refractivity contribution in [3.8, 4) is 0 Å². The maximum absolute atomic E-state index is 11.6. The Morgan fingerprint density at radius 3 is 2.54 bits per heavy atom. The standard InChI is InChI=1S/C10H13BrO2/c1-10(2,3)6-8(12)9-7(11)4-5-13-9/h4-5H,6H2,1-3H3. The largest absolute Gasteiger partial charge is 0.460 e. The minimum atomic E-state index is 0.00329. The van der Waals surface area contributed by atoms with Gasteiger partial charge in [-0.1, -0.05) is 20.8 Å². The molecule has 0 saturated heterocycles. The highest BCUT2D eigenvalue weighted by Gasteiger charge is 2.21. The topological polar surface area (TPSA) is 30.2 Å². The highest BCUT2D eigenvalue weighted by atomic mass is 79.9. The van der Waals surface area contributed by atoms with Gasteiger partial charge in [-0.25, -0.2) is 0 Å². The fourth-order valence-electron chi connectivity index (χ4n) is 1.05. The molecule has 0 amide bonds. The van der Waals surface area contributed by atoms with Crippen LogP contribution in [0.15, 0.2) is 21.2 Å². The molecule has 1 heterocycles. The van der Waals surface area contributed by atoms with Crippen molar-refractivity contribution in [3.05, 3.63) is 22.6 Å². The summed E-state index contributed by atoms with van der Waals surface area (Å²) in [5, 5.41) is 0. The molecule has 1 rings (SSSR count). The van der Waals surface area contributed by atoms with Gasteiger partial charge in [0, 0.05) is 6.42 Å². The van der Waals surface area contributed by atoms with Gasteiger partial charge in [0.05, 0.1) is 10.7 Å². The first-order valence-electron chi connectivity index (χ1n) is 4.16.